The zero-order chi connectivity index (χ0) is 21.5. The van der Waals surface area contributed by atoms with Crippen LogP contribution < -0.4 is 5.32 Å². The third-order valence-electron chi connectivity index (χ3n) is 4.65. The highest BCUT2D eigenvalue weighted by molar-refractivity contribution is 5.85. The fraction of sp³-hybridized carbons (Fsp3) is 0.167. The summed E-state index contributed by atoms with van der Waals surface area (Å²) < 4.78 is 32.2. The largest absolute Gasteiger partial charge is 0.455 e. The Morgan fingerprint density at radius 1 is 0.900 bits per heavy atom. The third kappa shape index (κ3) is 5.29. The van der Waals surface area contributed by atoms with Crippen LogP contribution in [0.2, 0.25) is 0 Å². The van der Waals surface area contributed by atoms with Gasteiger partial charge in [-0.15, -0.1) is 0 Å². The van der Waals surface area contributed by atoms with Crippen molar-refractivity contribution in [2.24, 2.45) is 0 Å². The summed E-state index contributed by atoms with van der Waals surface area (Å²) in [6.45, 7) is 1.05. The van der Waals surface area contributed by atoms with Crippen molar-refractivity contribution in [3.05, 3.63) is 107 Å². The normalized spacial score (nSPS) is 11.7. The molecule has 0 aliphatic rings. The number of amides is 1. The van der Waals surface area contributed by atoms with E-state index in [-0.39, 0.29) is 5.56 Å². The van der Waals surface area contributed by atoms with Crippen molar-refractivity contribution >= 4 is 11.9 Å². The Balaban J connectivity index is 1.65. The molecule has 0 heterocycles. The van der Waals surface area contributed by atoms with Crippen molar-refractivity contribution < 1.29 is 23.1 Å². The van der Waals surface area contributed by atoms with Gasteiger partial charge in [0.15, 0.2) is 6.61 Å². The first kappa shape index (κ1) is 21.2. The summed E-state index contributed by atoms with van der Waals surface area (Å²) in [5, 5.41) is 2.55. The molecular formula is C24H21F2NO3. The van der Waals surface area contributed by atoms with E-state index in [9.17, 15) is 18.4 Å². The molecule has 1 N–H and O–H groups in total. The highest BCUT2D eigenvalue weighted by Gasteiger charge is 2.25. The second kappa shape index (κ2) is 9.78. The van der Waals surface area contributed by atoms with Crippen molar-refractivity contribution in [3.8, 4) is 0 Å². The fourth-order valence-corrected chi connectivity index (χ4v) is 3.19. The van der Waals surface area contributed by atoms with Gasteiger partial charge in [0, 0.05) is 11.6 Å². The lowest BCUT2D eigenvalue weighted by Gasteiger charge is -2.18. The Morgan fingerprint density at radius 2 is 1.47 bits per heavy atom. The summed E-state index contributed by atoms with van der Waals surface area (Å²) in [5.41, 5.74) is 1.63. The molecule has 0 fully saturated rings. The lowest BCUT2D eigenvalue weighted by Crippen LogP contribution is -2.32. The van der Waals surface area contributed by atoms with Crippen molar-refractivity contribution in [2.45, 2.75) is 18.9 Å². The predicted octanol–water partition coefficient (Wildman–Crippen LogP) is 4.52. The fourth-order valence-electron chi connectivity index (χ4n) is 3.19. The van der Waals surface area contributed by atoms with Gasteiger partial charge in [-0.05, 0) is 24.1 Å². The molecule has 0 aromatic heterocycles. The average Bonchev–Trinajstić information content (AvgIpc) is 2.74. The molecule has 0 aliphatic heterocycles. The van der Waals surface area contributed by atoms with Crippen LogP contribution in [0.25, 0.3) is 0 Å². The molecule has 154 valence electrons. The van der Waals surface area contributed by atoms with E-state index in [1.54, 1.807) is 6.92 Å². The highest BCUT2D eigenvalue weighted by atomic mass is 19.1. The lowest BCUT2D eigenvalue weighted by atomic mass is 9.91. The van der Waals surface area contributed by atoms with Gasteiger partial charge in [-0.3, -0.25) is 9.59 Å². The predicted molar refractivity (Wildman–Crippen MR) is 109 cm³/mol. The smallest absolute Gasteiger partial charge is 0.318 e. The molecule has 0 saturated carbocycles. The molecule has 4 nitrogen and oxygen atoms in total. The van der Waals surface area contributed by atoms with E-state index >= 15 is 0 Å². The van der Waals surface area contributed by atoms with Crippen molar-refractivity contribution in [2.75, 3.05) is 6.61 Å². The average molecular weight is 409 g/mol. The van der Waals surface area contributed by atoms with Gasteiger partial charge in [-0.2, -0.15) is 0 Å². The maximum Gasteiger partial charge on any atom is 0.318 e. The van der Waals surface area contributed by atoms with Crippen LogP contribution in [0.4, 0.5) is 8.78 Å². The van der Waals surface area contributed by atoms with Crippen LogP contribution in [-0.2, 0) is 14.3 Å². The van der Waals surface area contributed by atoms with Gasteiger partial charge < -0.3 is 10.1 Å². The quantitative estimate of drug-likeness (QED) is 0.584. The molecule has 0 bridgehead atoms. The Labute approximate surface area is 173 Å². The first-order valence-corrected chi connectivity index (χ1v) is 9.46. The van der Waals surface area contributed by atoms with Crippen LogP contribution in [0, 0.1) is 11.6 Å². The summed E-state index contributed by atoms with van der Waals surface area (Å²) >= 11 is 0. The maximum absolute atomic E-state index is 13.9. The number of ether oxygens (including phenoxy) is 1. The van der Waals surface area contributed by atoms with Crippen LogP contribution >= 0.6 is 0 Å². The topological polar surface area (TPSA) is 55.4 Å². The molecule has 3 aromatic carbocycles. The van der Waals surface area contributed by atoms with Crippen LogP contribution in [0.15, 0.2) is 78.9 Å². The van der Waals surface area contributed by atoms with Gasteiger partial charge >= 0.3 is 5.97 Å². The molecule has 0 spiro atoms. The Kier molecular flexibility index (Phi) is 6.91. The number of rotatable bonds is 7. The minimum Gasteiger partial charge on any atom is -0.455 e. The first-order valence-electron chi connectivity index (χ1n) is 9.46. The molecule has 6 heteroatoms. The zero-order valence-corrected chi connectivity index (χ0v) is 16.3. The molecular weight excluding hydrogens is 388 g/mol. The molecule has 0 aliphatic carbocycles. The van der Waals surface area contributed by atoms with E-state index in [4.69, 9.17) is 4.74 Å². The molecule has 3 aromatic rings. The lowest BCUT2D eigenvalue weighted by molar-refractivity contribution is -0.149. The second-order valence-electron chi connectivity index (χ2n) is 6.82. The number of nitrogens with one attached hydrogen (secondary N) is 1. The summed E-state index contributed by atoms with van der Waals surface area (Å²) in [6.07, 6.45) is 0. The van der Waals surface area contributed by atoms with Crippen LogP contribution in [0.3, 0.4) is 0 Å². The molecule has 0 unspecified atom stereocenters. The third-order valence-corrected chi connectivity index (χ3v) is 4.65. The Morgan fingerprint density at radius 3 is 2.00 bits per heavy atom. The summed E-state index contributed by atoms with van der Waals surface area (Å²) in [4.78, 5) is 25.0. The second-order valence-corrected chi connectivity index (χ2v) is 6.82. The van der Waals surface area contributed by atoms with Gasteiger partial charge in [0.2, 0.25) is 0 Å². The molecule has 1 amide bonds. The van der Waals surface area contributed by atoms with Gasteiger partial charge in [0.1, 0.15) is 17.6 Å². The minimum atomic E-state index is -0.756. The van der Waals surface area contributed by atoms with E-state index in [0.29, 0.717) is 0 Å². The van der Waals surface area contributed by atoms with Crippen molar-refractivity contribution in [1.82, 2.24) is 5.32 Å². The first-order chi connectivity index (χ1) is 14.5. The summed E-state index contributed by atoms with van der Waals surface area (Å²) in [7, 11) is 0. The van der Waals surface area contributed by atoms with Gasteiger partial charge in [-0.25, -0.2) is 8.78 Å². The minimum absolute atomic E-state index is 0.141. The van der Waals surface area contributed by atoms with Crippen molar-refractivity contribution in [3.63, 3.8) is 0 Å². The molecule has 30 heavy (non-hydrogen) atoms. The van der Waals surface area contributed by atoms with E-state index in [1.807, 2.05) is 60.7 Å². The van der Waals surface area contributed by atoms with E-state index in [0.717, 1.165) is 23.3 Å². The van der Waals surface area contributed by atoms with E-state index in [2.05, 4.69) is 5.32 Å². The van der Waals surface area contributed by atoms with Crippen LogP contribution in [0.1, 0.15) is 35.6 Å². The van der Waals surface area contributed by atoms with E-state index < -0.39 is 42.1 Å². The number of halogens is 2. The zero-order valence-electron chi connectivity index (χ0n) is 16.3. The van der Waals surface area contributed by atoms with Gasteiger partial charge in [0.25, 0.3) is 5.91 Å². The molecule has 1 atom stereocenters. The number of benzene rings is 3. The van der Waals surface area contributed by atoms with Crippen LogP contribution in [-0.4, -0.2) is 18.5 Å². The van der Waals surface area contributed by atoms with Gasteiger partial charge in [0.05, 0.1) is 6.04 Å². The molecule has 0 saturated heterocycles. The Hall–Kier alpha value is -3.54. The van der Waals surface area contributed by atoms with E-state index in [1.165, 1.54) is 6.07 Å². The number of carbonyl (C=O) groups is 2. The molecule has 3 rings (SSSR count). The summed E-state index contributed by atoms with van der Waals surface area (Å²) in [6, 6.07) is 20.7. The number of esters is 1. The maximum atomic E-state index is 13.9. The SMILES string of the molecule is C[C@H](NC(=O)COC(=O)C(c1ccccc1)c1ccccc1)c1ccc(F)cc1F. The summed E-state index contributed by atoms with van der Waals surface area (Å²) in [5.74, 6) is -3.28. The highest BCUT2D eigenvalue weighted by Crippen LogP contribution is 2.26. The monoisotopic (exact) mass is 409 g/mol. The Bertz CT molecular complexity index is 970. The molecule has 0 radical (unpaired) electrons. The number of carbonyl (C=O) groups excluding carboxylic acids is 2. The van der Waals surface area contributed by atoms with Crippen LogP contribution in [0.5, 0.6) is 0 Å². The van der Waals surface area contributed by atoms with Crippen molar-refractivity contribution in [1.29, 1.82) is 0 Å². The van der Waals surface area contributed by atoms with Gasteiger partial charge in [-0.1, -0.05) is 66.7 Å². The number of hydrogen-bond donors (Lipinski definition) is 1. The standard InChI is InChI=1S/C24H21F2NO3/c1-16(20-13-12-19(25)14-21(20)26)27-22(28)15-30-24(29)23(17-8-4-2-5-9-17)18-10-6-3-7-11-18/h2-14,16,23H,15H2,1H3,(H,27,28)/t16-/m0/s1. The number of hydrogen-bond acceptors (Lipinski definition) is 3.